The molecule has 0 heterocycles. The molecule has 4 bridgehead atoms. The highest BCUT2D eigenvalue weighted by Gasteiger charge is 2.59. The zero-order valence-electron chi connectivity index (χ0n) is 13.7. The molecule has 4 rings (SSSR count). The van der Waals surface area contributed by atoms with E-state index < -0.39 is 0 Å². The molecule has 21 heavy (non-hydrogen) atoms. The normalized spacial score (nSPS) is 44.4. The first-order valence-electron chi connectivity index (χ1n) is 8.44. The molecule has 0 amide bonds. The lowest BCUT2D eigenvalue weighted by Gasteiger charge is -2.65. The zero-order valence-corrected chi connectivity index (χ0v) is 13.7. The van der Waals surface area contributed by atoms with Crippen LogP contribution in [0.4, 0.5) is 0 Å². The van der Waals surface area contributed by atoms with E-state index >= 15 is 0 Å². The molecule has 4 aliphatic carbocycles. The van der Waals surface area contributed by atoms with Crippen LogP contribution in [0.3, 0.4) is 0 Å². The van der Waals surface area contributed by atoms with E-state index in [4.69, 9.17) is 4.74 Å². The molecule has 2 atom stereocenters. The van der Waals surface area contributed by atoms with Gasteiger partial charge in [-0.05, 0) is 62.2 Å². The average molecular weight is 291 g/mol. The molecule has 3 nitrogen and oxygen atoms in total. The van der Waals surface area contributed by atoms with Gasteiger partial charge in [0.2, 0.25) is 0 Å². The van der Waals surface area contributed by atoms with Crippen LogP contribution in [-0.4, -0.2) is 24.7 Å². The van der Waals surface area contributed by atoms with Crippen LogP contribution in [0.25, 0.3) is 0 Å². The minimum Gasteiger partial charge on any atom is -0.463 e. The number of ether oxygens (including phenoxy) is 1. The Kier molecular flexibility index (Phi) is 3.67. The van der Waals surface area contributed by atoms with Gasteiger partial charge >= 0.3 is 5.97 Å². The Labute approximate surface area is 128 Å². The largest absolute Gasteiger partial charge is 0.463 e. The number of nitrogens with one attached hydrogen (secondary N) is 1. The third-order valence-electron chi connectivity index (χ3n) is 5.76. The molecule has 1 N–H and O–H groups in total. The first kappa shape index (κ1) is 15.1. The number of carbonyl (C=O) groups excluding carboxylic acids is 1. The fraction of sp³-hybridized carbons (Fsp3) is 0.833. The van der Waals surface area contributed by atoms with Gasteiger partial charge in [0.25, 0.3) is 0 Å². The van der Waals surface area contributed by atoms with Crippen molar-refractivity contribution in [2.75, 3.05) is 13.2 Å². The van der Waals surface area contributed by atoms with Gasteiger partial charge in [0.05, 0.1) is 6.61 Å². The minimum atomic E-state index is -0.233. The summed E-state index contributed by atoms with van der Waals surface area (Å²) in [4.78, 5) is 11.3. The predicted molar refractivity (Wildman–Crippen MR) is 83.9 cm³/mol. The maximum absolute atomic E-state index is 11.3. The highest BCUT2D eigenvalue weighted by atomic mass is 16.5. The van der Waals surface area contributed by atoms with E-state index in [-0.39, 0.29) is 5.97 Å². The van der Waals surface area contributed by atoms with Crippen molar-refractivity contribution < 1.29 is 9.53 Å². The summed E-state index contributed by atoms with van der Waals surface area (Å²) in [5.74, 6) is 0.668. The van der Waals surface area contributed by atoms with Crippen LogP contribution < -0.4 is 5.32 Å². The Bertz CT molecular complexity index is 438. The second-order valence-electron chi connectivity index (χ2n) is 8.45. The summed E-state index contributed by atoms with van der Waals surface area (Å²) in [6.45, 7) is 8.03. The Balaban J connectivity index is 1.62. The van der Waals surface area contributed by atoms with Crippen LogP contribution in [0.1, 0.15) is 59.3 Å². The number of esters is 1. The first-order valence-corrected chi connectivity index (χ1v) is 8.44. The van der Waals surface area contributed by atoms with Gasteiger partial charge in [0.1, 0.15) is 0 Å². The van der Waals surface area contributed by atoms with Crippen LogP contribution >= 0.6 is 0 Å². The second kappa shape index (κ2) is 5.12. The second-order valence-corrected chi connectivity index (χ2v) is 8.45. The number of rotatable bonds is 5. The maximum Gasteiger partial charge on any atom is 0.330 e. The molecule has 4 fully saturated rings. The summed E-state index contributed by atoms with van der Waals surface area (Å²) in [5, 5.41) is 3.78. The van der Waals surface area contributed by atoms with Crippen molar-refractivity contribution in [1.82, 2.24) is 5.32 Å². The fourth-order valence-electron chi connectivity index (χ4n) is 6.27. The lowest BCUT2D eigenvalue weighted by Crippen LogP contribution is -2.64. The summed E-state index contributed by atoms with van der Waals surface area (Å²) in [5.41, 5.74) is 1.37. The van der Waals surface area contributed by atoms with E-state index in [2.05, 4.69) is 19.2 Å². The summed E-state index contributed by atoms with van der Waals surface area (Å²) in [7, 11) is 0. The Morgan fingerprint density at radius 2 is 1.86 bits per heavy atom. The molecule has 0 aromatic rings. The van der Waals surface area contributed by atoms with Gasteiger partial charge in [0, 0.05) is 18.2 Å². The summed E-state index contributed by atoms with van der Waals surface area (Å²) < 4.78 is 4.92. The topological polar surface area (TPSA) is 38.3 Å². The van der Waals surface area contributed by atoms with E-state index in [1.54, 1.807) is 6.08 Å². The van der Waals surface area contributed by atoms with Crippen molar-refractivity contribution in [3.05, 3.63) is 12.2 Å². The quantitative estimate of drug-likeness (QED) is 0.623. The smallest absolute Gasteiger partial charge is 0.330 e. The van der Waals surface area contributed by atoms with Gasteiger partial charge in [0.15, 0.2) is 0 Å². The van der Waals surface area contributed by atoms with Crippen LogP contribution in [0.2, 0.25) is 0 Å². The Morgan fingerprint density at radius 1 is 1.19 bits per heavy atom. The van der Waals surface area contributed by atoms with Gasteiger partial charge in [-0.25, -0.2) is 4.79 Å². The third-order valence-corrected chi connectivity index (χ3v) is 5.76. The summed E-state index contributed by atoms with van der Waals surface area (Å²) in [6.07, 6.45) is 11.7. The molecule has 0 spiro atoms. The number of hydrogen-bond acceptors (Lipinski definition) is 3. The van der Waals surface area contributed by atoms with Gasteiger partial charge < -0.3 is 10.1 Å². The van der Waals surface area contributed by atoms with E-state index in [0.29, 0.717) is 23.0 Å². The molecule has 4 aliphatic rings. The molecule has 0 saturated heterocycles. The highest BCUT2D eigenvalue weighted by molar-refractivity contribution is 5.81. The molecule has 4 saturated carbocycles. The van der Waals surface area contributed by atoms with Crippen LogP contribution in [0.15, 0.2) is 12.2 Å². The Morgan fingerprint density at radius 3 is 2.43 bits per heavy atom. The molecule has 0 aromatic heterocycles. The van der Waals surface area contributed by atoms with Crippen LogP contribution in [0, 0.1) is 16.7 Å². The van der Waals surface area contributed by atoms with Crippen molar-refractivity contribution in [1.29, 1.82) is 0 Å². The van der Waals surface area contributed by atoms with Gasteiger partial charge in [-0.3, -0.25) is 0 Å². The van der Waals surface area contributed by atoms with Gasteiger partial charge in [-0.1, -0.05) is 19.9 Å². The molecule has 3 heteroatoms. The lowest BCUT2D eigenvalue weighted by atomic mass is 9.43. The molecule has 118 valence electrons. The number of hydrogen-bond donors (Lipinski definition) is 1. The number of carbonyl (C=O) groups is 1. The molecular weight excluding hydrogens is 262 g/mol. The fourth-order valence-corrected chi connectivity index (χ4v) is 6.27. The molecule has 0 aromatic carbocycles. The maximum atomic E-state index is 11.3. The monoisotopic (exact) mass is 291 g/mol. The SMILES string of the molecule is CCOC(=O)/C=C/CNC12CC3CC(C)(CC(C)(C3)C1)C2. The summed E-state index contributed by atoms with van der Waals surface area (Å²) >= 11 is 0. The van der Waals surface area contributed by atoms with Crippen molar-refractivity contribution in [3.63, 3.8) is 0 Å². The first-order chi connectivity index (χ1) is 9.86. The standard InChI is InChI=1S/C18H29NO2/c1-4-21-15(20)6-5-7-19-18-10-14-8-16(2,12-18)11-17(3,9-14)13-18/h5-6,14,19H,4,7-13H2,1-3H3/b6-5+. The van der Waals surface area contributed by atoms with Crippen molar-refractivity contribution in [3.8, 4) is 0 Å². The van der Waals surface area contributed by atoms with E-state index in [1.165, 1.54) is 38.5 Å². The van der Waals surface area contributed by atoms with Crippen LogP contribution in [-0.2, 0) is 9.53 Å². The van der Waals surface area contributed by atoms with Crippen molar-refractivity contribution in [2.45, 2.75) is 64.8 Å². The van der Waals surface area contributed by atoms with Crippen molar-refractivity contribution in [2.24, 2.45) is 16.7 Å². The highest BCUT2D eigenvalue weighted by Crippen LogP contribution is 2.66. The van der Waals surface area contributed by atoms with E-state index in [9.17, 15) is 4.79 Å². The zero-order chi connectivity index (χ0) is 15.1. The molecule has 2 unspecified atom stereocenters. The molecule has 0 aliphatic heterocycles. The van der Waals surface area contributed by atoms with E-state index in [1.807, 2.05) is 13.0 Å². The third kappa shape index (κ3) is 3.03. The van der Waals surface area contributed by atoms with E-state index in [0.717, 1.165) is 12.5 Å². The Hall–Kier alpha value is -0.830. The van der Waals surface area contributed by atoms with Gasteiger partial charge in [-0.15, -0.1) is 0 Å². The molecule has 0 radical (unpaired) electrons. The summed E-state index contributed by atoms with van der Waals surface area (Å²) in [6, 6.07) is 0. The molecular formula is C18H29NO2. The predicted octanol–water partition coefficient (Wildman–Crippen LogP) is 3.44. The van der Waals surface area contributed by atoms with Crippen molar-refractivity contribution >= 4 is 5.97 Å². The average Bonchev–Trinajstić information content (AvgIpc) is 2.30. The van der Waals surface area contributed by atoms with Gasteiger partial charge in [-0.2, -0.15) is 0 Å². The lowest BCUT2D eigenvalue weighted by molar-refractivity contribution is -0.137. The van der Waals surface area contributed by atoms with Crippen LogP contribution in [0.5, 0.6) is 0 Å². The minimum absolute atomic E-state index is 0.233.